The zero-order chi connectivity index (χ0) is 23.6. The van der Waals surface area contributed by atoms with Crippen LogP contribution < -0.4 is 10.6 Å². The van der Waals surface area contributed by atoms with Crippen LogP contribution in [-0.4, -0.2) is 50.0 Å². The Morgan fingerprint density at radius 3 is 2.80 bits per heavy atom. The number of imidazole rings is 1. The van der Waals surface area contributed by atoms with Crippen molar-refractivity contribution in [2.45, 2.75) is 6.54 Å². The molecule has 0 unspecified atom stereocenters. The molecule has 1 aliphatic heterocycles. The Labute approximate surface area is 206 Å². The average molecular weight is 482 g/mol. The van der Waals surface area contributed by atoms with E-state index < -0.39 is 0 Å². The van der Waals surface area contributed by atoms with Crippen molar-refractivity contribution in [2.75, 3.05) is 25.0 Å². The Bertz CT molecular complexity index is 1490. The van der Waals surface area contributed by atoms with E-state index in [1.165, 1.54) is 16.9 Å². The van der Waals surface area contributed by atoms with Crippen LogP contribution in [0, 0.1) is 0 Å². The van der Waals surface area contributed by atoms with Crippen LogP contribution >= 0.6 is 11.3 Å². The van der Waals surface area contributed by atoms with Crippen LogP contribution in [0.1, 0.15) is 5.56 Å². The monoisotopic (exact) mass is 481 g/mol. The van der Waals surface area contributed by atoms with Gasteiger partial charge in [-0.3, -0.25) is 14.1 Å². The molecule has 0 radical (unpaired) electrons. The van der Waals surface area contributed by atoms with E-state index in [0.717, 1.165) is 51.9 Å². The highest BCUT2D eigenvalue weighted by Crippen LogP contribution is 2.28. The number of hydrogen-bond donors (Lipinski definition) is 2. The summed E-state index contributed by atoms with van der Waals surface area (Å²) in [4.78, 5) is 18.6. The quantitative estimate of drug-likeness (QED) is 0.378. The van der Waals surface area contributed by atoms with Crippen LogP contribution in [0.25, 0.3) is 28.0 Å². The summed E-state index contributed by atoms with van der Waals surface area (Å²) in [6.07, 6.45) is 3.97. The lowest BCUT2D eigenvalue weighted by molar-refractivity contribution is -0.124. The van der Waals surface area contributed by atoms with Gasteiger partial charge < -0.3 is 10.6 Å². The maximum Gasteiger partial charge on any atom is 0.234 e. The fourth-order valence-electron chi connectivity index (χ4n) is 4.41. The van der Waals surface area contributed by atoms with Gasteiger partial charge in [0.15, 0.2) is 0 Å². The number of hydrogen-bond acceptors (Lipinski definition) is 7. The summed E-state index contributed by atoms with van der Waals surface area (Å²) in [5, 5.41) is 14.9. The van der Waals surface area contributed by atoms with Crippen molar-refractivity contribution in [1.82, 2.24) is 29.8 Å². The molecule has 0 spiro atoms. The maximum atomic E-state index is 11.7. The van der Waals surface area contributed by atoms with E-state index in [-0.39, 0.29) is 5.91 Å². The Kier molecular flexibility index (Phi) is 5.69. The maximum absolute atomic E-state index is 11.7. The Morgan fingerprint density at radius 2 is 1.91 bits per heavy atom. The number of nitrogens with zero attached hydrogens (tertiary/aromatic N) is 5. The number of benzene rings is 2. The fraction of sp³-hybridized carbons (Fsp3) is 0.154. The largest absolute Gasteiger partial charge is 0.354 e. The number of fused-ring (bicyclic) bond motifs is 1. The van der Waals surface area contributed by atoms with E-state index in [2.05, 4.69) is 89.8 Å². The number of pyridine rings is 1. The van der Waals surface area contributed by atoms with Crippen LogP contribution in [0.4, 0.5) is 10.8 Å². The van der Waals surface area contributed by atoms with Crippen LogP contribution in [0.3, 0.4) is 0 Å². The van der Waals surface area contributed by atoms with Crippen LogP contribution in [-0.2, 0) is 11.3 Å². The summed E-state index contributed by atoms with van der Waals surface area (Å²) in [6.45, 7) is 2.79. The molecule has 1 saturated heterocycles. The molecular weight excluding hydrogens is 458 g/mol. The molecule has 0 aliphatic carbocycles. The second kappa shape index (κ2) is 9.28. The van der Waals surface area contributed by atoms with E-state index in [0.29, 0.717) is 13.1 Å². The molecule has 1 fully saturated rings. The van der Waals surface area contributed by atoms with Gasteiger partial charge in [0, 0.05) is 37.1 Å². The predicted molar refractivity (Wildman–Crippen MR) is 138 cm³/mol. The molecule has 1 amide bonds. The van der Waals surface area contributed by atoms with Gasteiger partial charge in [0.2, 0.25) is 11.0 Å². The van der Waals surface area contributed by atoms with Gasteiger partial charge in [0.05, 0.1) is 18.4 Å². The first kappa shape index (κ1) is 21.5. The molecule has 1 aliphatic rings. The minimum atomic E-state index is 0.0921. The first-order chi connectivity index (χ1) is 17.2. The Morgan fingerprint density at radius 1 is 1.03 bits per heavy atom. The normalized spacial score (nSPS) is 14.2. The van der Waals surface area contributed by atoms with E-state index in [1.54, 1.807) is 5.51 Å². The van der Waals surface area contributed by atoms with Crippen molar-refractivity contribution in [3.8, 4) is 22.4 Å². The van der Waals surface area contributed by atoms with E-state index >= 15 is 0 Å². The summed E-state index contributed by atoms with van der Waals surface area (Å²) < 4.78 is 2.10. The molecule has 2 N–H and O–H groups in total. The lowest BCUT2D eigenvalue weighted by Gasteiger charge is -2.26. The Balaban J connectivity index is 1.25. The standard InChI is InChI=1S/C26H23N7OS/c34-25-16-32(10-8-27-25)15-18-3-1-4-19(11-18)20-7-9-33-23(14-28-24(33)13-20)21-5-2-6-22(12-21)30-26-31-29-17-35-26/h1-7,9,11-14,17H,8,10,15-16H2,(H,27,34)(H,30,31). The van der Waals surface area contributed by atoms with Gasteiger partial charge in [-0.05, 0) is 47.0 Å². The molecule has 5 aromatic rings. The highest BCUT2D eigenvalue weighted by atomic mass is 32.1. The van der Waals surface area contributed by atoms with Crippen LogP contribution in [0.5, 0.6) is 0 Å². The molecule has 0 saturated carbocycles. The van der Waals surface area contributed by atoms with E-state index in [4.69, 9.17) is 0 Å². The average Bonchev–Trinajstić information content (AvgIpc) is 3.54. The zero-order valence-electron chi connectivity index (χ0n) is 18.9. The SMILES string of the molecule is O=C1CN(Cc2cccc(-c3ccn4c(-c5cccc(Nc6nncs6)c5)cnc4c3)c2)CCN1. The third-order valence-corrected chi connectivity index (χ3v) is 6.67. The summed E-state index contributed by atoms with van der Waals surface area (Å²) in [5.41, 5.74) is 9.07. The van der Waals surface area contributed by atoms with Crippen molar-refractivity contribution in [3.05, 3.63) is 84.1 Å². The number of piperazine rings is 1. The minimum Gasteiger partial charge on any atom is -0.354 e. The number of carbonyl (C=O) groups is 1. The number of rotatable bonds is 6. The number of anilines is 2. The van der Waals surface area contributed by atoms with Crippen molar-refractivity contribution in [2.24, 2.45) is 0 Å². The van der Waals surface area contributed by atoms with E-state index in [9.17, 15) is 4.79 Å². The van der Waals surface area contributed by atoms with Gasteiger partial charge in [-0.15, -0.1) is 10.2 Å². The number of nitrogens with one attached hydrogen (secondary N) is 2. The van der Waals surface area contributed by atoms with Crippen LogP contribution in [0.2, 0.25) is 0 Å². The van der Waals surface area contributed by atoms with Crippen molar-refractivity contribution >= 4 is 33.7 Å². The van der Waals surface area contributed by atoms with Gasteiger partial charge in [0.1, 0.15) is 11.2 Å². The molecule has 3 aromatic heterocycles. The minimum absolute atomic E-state index is 0.0921. The number of carbonyl (C=O) groups excluding carboxylic acids is 1. The van der Waals surface area contributed by atoms with Gasteiger partial charge in [-0.25, -0.2) is 4.98 Å². The third kappa shape index (κ3) is 4.64. The lowest BCUT2D eigenvalue weighted by atomic mass is 10.0. The molecule has 6 rings (SSSR count). The fourth-order valence-corrected chi connectivity index (χ4v) is 4.88. The van der Waals surface area contributed by atoms with Crippen molar-refractivity contribution < 1.29 is 4.79 Å². The van der Waals surface area contributed by atoms with Crippen molar-refractivity contribution in [1.29, 1.82) is 0 Å². The second-order valence-corrected chi connectivity index (χ2v) is 9.33. The molecular formula is C26H23N7OS. The molecule has 0 atom stereocenters. The van der Waals surface area contributed by atoms with Crippen LogP contribution in [0.15, 0.2) is 78.6 Å². The summed E-state index contributed by atoms with van der Waals surface area (Å²) in [6, 6.07) is 20.9. The summed E-state index contributed by atoms with van der Waals surface area (Å²) in [5.74, 6) is 0.0921. The Hall–Kier alpha value is -4.08. The van der Waals surface area contributed by atoms with Gasteiger partial charge in [-0.1, -0.05) is 41.7 Å². The topological polar surface area (TPSA) is 87.5 Å². The molecule has 8 nitrogen and oxygen atoms in total. The molecule has 0 bridgehead atoms. The first-order valence-corrected chi connectivity index (χ1v) is 12.3. The van der Waals surface area contributed by atoms with Gasteiger partial charge >= 0.3 is 0 Å². The smallest absolute Gasteiger partial charge is 0.234 e. The summed E-state index contributed by atoms with van der Waals surface area (Å²) in [7, 11) is 0. The highest BCUT2D eigenvalue weighted by Gasteiger charge is 2.16. The van der Waals surface area contributed by atoms with E-state index in [1.807, 2.05) is 18.3 Å². The lowest BCUT2D eigenvalue weighted by Crippen LogP contribution is -2.47. The molecule has 9 heteroatoms. The predicted octanol–water partition coefficient (Wildman–Crippen LogP) is 4.20. The van der Waals surface area contributed by atoms with Crippen molar-refractivity contribution in [3.63, 3.8) is 0 Å². The van der Waals surface area contributed by atoms with Gasteiger partial charge in [0.25, 0.3) is 0 Å². The summed E-state index contributed by atoms with van der Waals surface area (Å²) >= 11 is 1.46. The molecule has 4 heterocycles. The second-order valence-electron chi connectivity index (χ2n) is 8.50. The van der Waals surface area contributed by atoms with Gasteiger partial charge in [-0.2, -0.15) is 0 Å². The number of amides is 1. The number of aromatic nitrogens is 4. The zero-order valence-corrected chi connectivity index (χ0v) is 19.7. The highest BCUT2D eigenvalue weighted by molar-refractivity contribution is 7.13. The molecule has 2 aromatic carbocycles. The first-order valence-electron chi connectivity index (χ1n) is 11.4. The molecule has 35 heavy (non-hydrogen) atoms. The third-order valence-electron chi connectivity index (χ3n) is 6.07. The molecule has 174 valence electrons.